The van der Waals surface area contributed by atoms with E-state index in [2.05, 4.69) is 235 Å². The average Bonchev–Trinajstić information content (AvgIpc) is 3.74. The lowest BCUT2D eigenvalue weighted by Crippen LogP contribution is -2.62. The molecule has 6 aromatic rings. The van der Waals surface area contributed by atoms with Gasteiger partial charge >= 0.3 is 0 Å². The number of thiophene rings is 1. The van der Waals surface area contributed by atoms with Crippen molar-refractivity contribution in [3.63, 3.8) is 0 Å². The van der Waals surface area contributed by atoms with Crippen LogP contribution in [0.3, 0.4) is 0 Å². The first kappa shape index (κ1) is 49.2. The molecule has 372 valence electrons. The summed E-state index contributed by atoms with van der Waals surface area (Å²) < 4.78 is 1.50. The second kappa shape index (κ2) is 16.2. The molecule has 0 N–H and O–H groups in total. The van der Waals surface area contributed by atoms with Crippen LogP contribution >= 0.6 is 11.3 Å². The normalized spacial score (nSPS) is 21.5. The van der Waals surface area contributed by atoms with E-state index in [1.807, 2.05) is 0 Å². The van der Waals surface area contributed by atoms with Gasteiger partial charge in [0.25, 0.3) is 6.71 Å². The predicted molar refractivity (Wildman–Crippen MR) is 316 cm³/mol. The van der Waals surface area contributed by atoms with Crippen molar-refractivity contribution in [2.24, 2.45) is 10.8 Å². The summed E-state index contributed by atoms with van der Waals surface area (Å²) in [5.41, 5.74) is 24.6. The van der Waals surface area contributed by atoms with Crippen LogP contribution in [0, 0.1) is 17.8 Å². The summed E-state index contributed by atoms with van der Waals surface area (Å²) in [6.07, 6.45) is 10.4. The van der Waals surface area contributed by atoms with Crippen LogP contribution in [-0.2, 0) is 27.1 Å². The number of benzene rings is 5. The van der Waals surface area contributed by atoms with E-state index in [1.54, 1.807) is 16.0 Å². The van der Waals surface area contributed by atoms with Gasteiger partial charge < -0.3 is 9.80 Å². The van der Waals surface area contributed by atoms with Crippen LogP contribution in [0.15, 0.2) is 121 Å². The third-order valence-electron chi connectivity index (χ3n) is 18.6. The van der Waals surface area contributed by atoms with Crippen molar-refractivity contribution in [1.82, 2.24) is 0 Å². The molecule has 0 atom stereocenters. The molecule has 0 spiro atoms. The molecule has 2 nitrogen and oxygen atoms in total. The van der Waals surface area contributed by atoms with Gasteiger partial charge in [0.1, 0.15) is 0 Å². The van der Waals surface area contributed by atoms with Crippen molar-refractivity contribution in [2.45, 2.75) is 183 Å². The molecule has 0 bridgehead atoms. The van der Waals surface area contributed by atoms with Gasteiger partial charge in [-0.25, -0.2) is 0 Å². The van der Waals surface area contributed by atoms with Gasteiger partial charge in [0.05, 0.1) is 11.4 Å². The Morgan fingerprint density at radius 2 is 1.08 bits per heavy atom. The fourth-order valence-electron chi connectivity index (χ4n) is 13.6. The maximum atomic E-state index is 4.93. The number of fused-ring (bicyclic) bond motifs is 8. The second-order valence-electron chi connectivity index (χ2n) is 28.1. The second-order valence-corrected chi connectivity index (χ2v) is 29.1. The maximum Gasteiger partial charge on any atom is 0.264 e. The average molecular weight is 969 g/mol. The molecular weight excluding hydrogens is 888 g/mol. The smallest absolute Gasteiger partial charge is 0.264 e. The highest BCUT2D eigenvalue weighted by atomic mass is 32.1. The third kappa shape index (κ3) is 7.68. The molecule has 5 aliphatic rings. The Morgan fingerprint density at radius 1 is 0.556 bits per heavy atom. The van der Waals surface area contributed by atoms with Gasteiger partial charge in [0.2, 0.25) is 0 Å². The molecule has 11 rings (SSSR count). The fourth-order valence-corrected chi connectivity index (χ4v) is 15.4. The highest BCUT2D eigenvalue weighted by molar-refractivity contribution is 7.29. The molecule has 4 heteroatoms. The maximum absolute atomic E-state index is 4.93. The molecule has 3 heterocycles. The summed E-state index contributed by atoms with van der Waals surface area (Å²) in [6, 6.07) is 38.1. The van der Waals surface area contributed by atoms with E-state index in [1.165, 1.54) is 107 Å². The van der Waals surface area contributed by atoms with E-state index in [-0.39, 0.29) is 44.6 Å². The molecule has 0 fully saturated rings. The summed E-state index contributed by atoms with van der Waals surface area (Å²) in [4.78, 5) is 7.26. The molecule has 0 saturated carbocycles. The van der Waals surface area contributed by atoms with Crippen molar-refractivity contribution >= 4 is 62.2 Å². The van der Waals surface area contributed by atoms with E-state index < -0.39 is 0 Å². The Labute approximate surface area is 439 Å². The predicted octanol–water partition coefficient (Wildman–Crippen LogP) is 17.8. The Morgan fingerprint density at radius 3 is 1.67 bits per heavy atom. The Balaban J connectivity index is 1.35. The standard InChI is InChI=1S/C68H81BN2S/c1-42-36-52-56-53(37-42)71(57-48(44-24-20-18-21-25-44)39-46(62(3,4)5)40-49(57)45-26-22-19-23-27-45)59-55-60(68(16,17)35-34-67(55,14)15)72-61(59)69(56)51-29-28-50-54(66(12,13)33-32-65(50,10)11)58(51)70(52)47-38-43(2)64(8,9)31-30-63(6,7)41-47/h18-29,36-40H,2,30-35,41H2,1,3-17H3/b47-38+. The molecule has 5 aromatic carbocycles. The zero-order valence-electron chi connectivity index (χ0n) is 46.9. The summed E-state index contributed by atoms with van der Waals surface area (Å²) in [6.45, 7) is 44.7. The van der Waals surface area contributed by atoms with Gasteiger partial charge in [0.15, 0.2) is 0 Å². The van der Waals surface area contributed by atoms with Gasteiger partial charge in [0, 0.05) is 43.5 Å². The van der Waals surface area contributed by atoms with E-state index in [9.17, 15) is 0 Å². The first-order chi connectivity index (χ1) is 33.6. The highest BCUT2D eigenvalue weighted by Gasteiger charge is 2.53. The van der Waals surface area contributed by atoms with Crippen LogP contribution in [0.1, 0.15) is 181 Å². The fraction of sp³-hybridized carbons (Fsp3) is 0.441. The quantitative estimate of drug-likeness (QED) is 0.162. The largest absolute Gasteiger partial charge is 0.315 e. The lowest BCUT2D eigenvalue weighted by molar-refractivity contribution is 0.259. The number of hydrogen-bond donors (Lipinski definition) is 0. The highest BCUT2D eigenvalue weighted by Crippen LogP contribution is 2.60. The van der Waals surface area contributed by atoms with Crippen LogP contribution in [0.5, 0.6) is 0 Å². The summed E-state index contributed by atoms with van der Waals surface area (Å²) >= 11 is 2.15. The van der Waals surface area contributed by atoms with Crippen LogP contribution in [-0.4, -0.2) is 6.71 Å². The number of aryl methyl sites for hydroxylation is 1. The number of anilines is 5. The van der Waals surface area contributed by atoms with Crippen molar-refractivity contribution in [1.29, 1.82) is 0 Å². The first-order valence-electron chi connectivity index (χ1n) is 27.4. The van der Waals surface area contributed by atoms with Gasteiger partial charge in [-0.1, -0.05) is 183 Å². The van der Waals surface area contributed by atoms with Crippen LogP contribution in [0.25, 0.3) is 22.3 Å². The number of allylic oxidation sites excluding steroid dienone is 3. The summed E-state index contributed by atoms with van der Waals surface area (Å²) in [5, 5.41) is 0. The minimum atomic E-state index is -0.0802. The minimum absolute atomic E-state index is 0.0181. The van der Waals surface area contributed by atoms with E-state index in [0.717, 1.165) is 32.1 Å². The zero-order valence-corrected chi connectivity index (χ0v) is 47.7. The summed E-state index contributed by atoms with van der Waals surface area (Å²) in [7, 11) is 0. The molecule has 0 unspecified atom stereocenters. The molecule has 0 radical (unpaired) electrons. The van der Waals surface area contributed by atoms with E-state index >= 15 is 0 Å². The molecule has 0 saturated heterocycles. The number of nitrogens with zero attached hydrogens (tertiary/aromatic N) is 2. The molecule has 3 aliphatic carbocycles. The van der Waals surface area contributed by atoms with Crippen molar-refractivity contribution in [3.05, 3.63) is 154 Å². The Hall–Kier alpha value is -5.06. The summed E-state index contributed by atoms with van der Waals surface area (Å²) in [5.74, 6) is 0. The van der Waals surface area contributed by atoms with Gasteiger partial charge in [-0.3, -0.25) is 0 Å². The van der Waals surface area contributed by atoms with Crippen molar-refractivity contribution in [3.8, 4) is 22.3 Å². The lowest BCUT2D eigenvalue weighted by Gasteiger charge is -2.51. The van der Waals surface area contributed by atoms with E-state index in [4.69, 9.17) is 6.58 Å². The van der Waals surface area contributed by atoms with Crippen LogP contribution < -0.4 is 25.5 Å². The van der Waals surface area contributed by atoms with Gasteiger partial charge in [-0.15, -0.1) is 0 Å². The lowest BCUT2D eigenvalue weighted by atomic mass is 9.35. The molecule has 1 aromatic heterocycles. The molecular formula is C68H81BN2S. The van der Waals surface area contributed by atoms with Crippen LogP contribution in [0.4, 0.5) is 28.4 Å². The van der Waals surface area contributed by atoms with Crippen molar-refractivity contribution < 1.29 is 0 Å². The van der Waals surface area contributed by atoms with Gasteiger partial charge in [-0.2, -0.15) is 11.3 Å². The Bertz CT molecular complexity index is 3180. The molecule has 2 aliphatic heterocycles. The van der Waals surface area contributed by atoms with Crippen molar-refractivity contribution in [2.75, 3.05) is 9.80 Å². The van der Waals surface area contributed by atoms with Crippen LogP contribution in [0.2, 0.25) is 0 Å². The molecule has 72 heavy (non-hydrogen) atoms. The number of hydrogen-bond acceptors (Lipinski definition) is 3. The zero-order chi connectivity index (χ0) is 51.5. The molecule has 0 amide bonds. The Kier molecular flexibility index (Phi) is 11.1. The number of rotatable bonds is 4. The minimum Gasteiger partial charge on any atom is -0.315 e. The first-order valence-corrected chi connectivity index (χ1v) is 28.2. The monoisotopic (exact) mass is 969 g/mol. The topological polar surface area (TPSA) is 6.48 Å². The SMILES string of the molecule is C=C1/C=C(/N2c3cc(C)cc4c3B(c3ccc5c(c32)C(C)(C)CCC5(C)C)c2sc3c(c2N4c2c(-c4ccccc4)cc(C(C)(C)C)cc2-c2ccccc2)C(C)(C)CCC3(C)C)CC(C)(C)CCC1(C)C. The van der Waals surface area contributed by atoms with Gasteiger partial charge in [-0.05, 0) is 176 Å². The third-order valence-corrected chi connectivity index (χ3v) is 20.2. The van der Waals surface area contributed by atoms with E-state index in [0.29, 0.717) is 0 Å².